The number of rotatable bonds is 4. The van der Waals surface area contributed by atoms with Gasteiger partial charge >= 0.3 is 0 Å². The molecule has 2 rings (SSSR count). The minimum atomic E-state index is -0.121. The highest BCUT2D eigenvalue weighted by Crippen LogP contribution is 2.24. The summed E-state index contributed by atoms with van der Waals surface area (Å²) in [7, 11) is 1.64. The van der Waals surface area contributed by atoms with Gasteiger partial charge in [-0.2, -0.15) is 5.26 Å². The molecule has 0 saturated heterocycles. The van der Waals surface area contributed by atoms with E-state index in [4.69, 9.17) is 10.00 Å². The number of methoxy groups -OCH3 is 1. The predicted octanol–water partition coefficient (Wildman–Crippen LogP) is 2.89. The predicted molar refractivity (Wildman–Crippen MR) is 71.0 cm³/mol. The molecule has 4 nitrogen and oxygen atoms in total. The van der Waals surface area contributed by atoms with Gasteiger partial charge in [0.25, 0.3) is 0 Å². The number of nitrogens with zero attached hydrogens (tertiary/aromatic N) is 3. The molecular weight excluding hydrogens is 246 g/mol. The SMILES string of the molecule is COc1ccc(-n2ccnc2S[C@@H](C)C#N)cc1. The molecule has 0 aliphatic heterocycles. The fourth-order valence-corrected chi connectivity index (χ4v) is 2.27. The summed E-state index contributed by atoms with van der Waals surface area (Å²) in [6.45, 7) is 1.86. The van der Waals surface area contributed by atoms with Gasteiger partial charge in [0, 0.05) is 18.1 Å². The van der Waals surface area contributed by atoms with E-state index in [2.05, 4.69) is 11.1 Å². The first-order chi connectivity index (χ1) is 8.74. The first-order valence-electron chi connectivity index (χ1n) is 5.48. The Balaban J connectivity index is 2.27. The van der Waals surface area contributed by atoms with E-state index in [-0.39, 0.29) is 5.25 Å². The first-order valence-corrected chi connectivity index (χ1v) is 6.36. The molecule has 92 valence electrons. The third-order valence-corrected chi connectivity index (χ3v) is 3.39. The molecule has 0 unspecified atom stereocenters. The van der Waals surface area contributed by atoms with Crippen molar-refractivity contribution in [2.45, 2.75) is 17.3 Å². The summed E-state index contributed by atoms with van der Waals surface area (Å²) in [4.78, 5) is 4.27. The van der Waals surface area contributed by atoms with Gasteiger partial charge in [0.05, 0.1) is 18.4 Å². The van der Waals surface area contributed by atoms with Crippen molar-refractivity contribution < 1.29 is 4.74 Å². The van der Waals surface area contributed by atoms with Crippen LogP contribution in [0.3, 0.4) is 0 Å². The summed E-state index contributed by atoms with van der Waals surface area (Å²) in [5.41, 5.74) is 1.00. The maximum Gasteiger partial charge on any atom is 0.173 e. The van der Waals surface area contributed by atoms with Gasteiger partial charge in [-0.15, -0.1) is 0 Å². The Kier molecular flexibility index (Phi) is 3.90. The molecule has 0 saturated carbocycles. The summed E-state index contributed by atoms with van der Waals surface area (Å²) in [6, 6.07) is 9.91. The van der Waals surface area contributed by atoms with Crippen LogP contribution in [0.25, 0.3) is 5.69 Å². The van der Waals surface area contributed by atoms with Crippen LogP contribution in [0.15, 0.2) is 41.8 Å². The number of imidazole rings is 1. The lowest BCUT2D eigenvalue weighted by Gasteiger charge is -2.08. The highest BCUT2D eigenvalue weighted by Gasteiger charge is 2.09. The van der Waals surface area contributed by atoms with Gasteiger partial charge in [-0.1, -0.05) is 11.8 Å². The van der Waals surface area contributed by atoms with Crippen molar-refractivity contribution in [3.05, 3.63) is 36.7 Å². The molecule has 1 atom stereocenters. The van der Waals surface area contributed by atoms with Crippen molar-refractivity contribution in [2.75, 3.05) is 7.11 Å². The summed E-state index contributed by atoms with van der Waals surface area (Å²) in [5, 5.41) is 9.53. The maximum atomic E-state index is 8.84. The van der Waals surface area contributed by atoms with Crippen LogP contribution >= 0.6 is 11.8 Å². The van der Waals surface area contributed by atoms with Crippen LogP contribution in [0.1, 0.15) is 6.92 Å². The van der Waals surface area contributed by atoms with Crippen molar-refractivity contribution >= 4 is 11.8 Å². The molecular formula is C13H13N3OS. The zero-order valence-corrected chi connectivity index (χ0v) is 11.0. The molecule has 1 aromatic carbocycles. The van der Waals surface area contributed by atoms with Crippen molar-refractivity contribution in [3.63, 3.8) is 0 Å². The van der Waals surface area contributed by atoms with Crippen LogP contribution < -0.4 is 4.74 Å². The third-order valence-electron chi connectivity index (χ3n) is 2.42. The van der Waals surface area contributed by atoms with E-state index in [0.29, 0.717) is 0 Å². The van der Waals surface area contributed by atoms with Crippen LogP contribution in [0, 0.1) is 11.3 Å². The normalized spacial score (nSPS) is 11.8. The molecule has 1 heterocycles. The molecule has 0 aliphatic carbocycles. The van der Waals surface area contributed by atoms with E-state index < -0.39 is 0 Å². The standard InChI is InChI=1S/C13H13N3OS/c1-10(9-14)18-13-15-7-8-16(13)11-3-5-12(17-2)6-4-11/h3-8,10H,1-2H3/t10-/m0/s1. The van der Waals surface area contributed by atoms with E-state index in [9.17, 15) is 0 Å². The lowest BCUT2D eigenvalue weighted by molar-refractivity contribution is 0.414. The molecule has 0 fully saturated rings. The van der Waals surface area contributed by atoms with Gasteiger partial charge < -0.3 is 4.74 Å². The quantitative estimate of drug-likeness (QED) is 0.792. The lowest BCUT2D eigenvalue weighted by Crippen LogP contribution is -1.98. The average Bonchev–Trinajstić information content (AvgIpc) is 2.86. The molecule has 0 amide bonds. The smallest absolute Gasteiger partial charge is 0.173 e. The van der Waals surface area contributed by atoms with Crippen molar-refractivity contribution in [1.82, 2.24) is 9.55 Å². The van der Waals surface area contributed by atoms with Gasteiger partial charge in [0.1, 0.15) is 5.75 Å². The lowest BCUT2D eigenvalue weighted by atomic mass is 10.3. The van der Waals surface area contributed by atoms with Crippen molar-refractivity contribution in [3.8, 4) is 17.5 Å². The Hall–Kier alpha value is -1.93. The number of ether oxygens (including phenoxy) is 1. The number of nitriles is 1. The zero-order valence-electron chi connectivity index (χ0n) is 10.2. The Labute approximate surface area is 110 Å². The zero-order chi connectivity index (χ0) is 13.0. The van der Waals surface area contributed by atoms with Gasteiger partial charge in [0.2, 0.25) is 0 Å². The summed E-state index contributed by atoms with van der Waals surface area (Å²) >= 11 is 1.44. The van der Waals surface area contributed by atoms with Crippen LogP contribution in [0.5, 0.6) is 5.75 Å². The third kappa shape index (κ3) is 2.66. The number of thioether (sulfide) groups is 1. The monoisotopic (exact) mass is 259 g/mol. The molecule has 0 N–H and O–H groups in total. The maximum absolute atomic E-state index is 8.84. The van der Waals surface area contributed by atoms with Gasteiger partial charge in [-0.3, -0.25) is 4.57 Å². The second-order valence-electron chi connectivity index (χ2n) is 3.67. The van der Waals surface area contributed by atoms with E-state index >= 15 is 0 Å². The largest absolute Gasteiger partial charge is 0.497 e. The highest BCUT2D eigenvalue weighted by molar-refractivity contribution is 8.00. The molecule has 2 aromatic rings. The van der Waals surface area contributed by atoms with Crippen molar-refractivity contribution in [1.29, 1.82) is 5.26 Å². The fraction of sp³-hybridized carbons (Fsp3) is 0.231. The average molecular weight is 259 g/mol. The highest BCUT2D eigenvalue weighted by atomic mass is 32.2. The van der Waals surface area contributed by atoms with Crippen LogP contribution in [-0.4, -0.2) is 21.9 Å². The second kappa shape index (κ2) is 5.61. The van der Waals surface area contributed by atoms with E-state index in [1.54, 1.807) is 13.3 Å². The van der Waals surface area contributed by atoms with Crippen molar-refractivity contribution in [2.24, 2.45) is 0 Å². The van der Waals surface area contributed by atoms with Crippen LogP contribution in [0.2, 0.25) is 0 Å². The minimum Gasteiger partial charge on any atom is -0.497 e. The summed E-state index contributed by atoms with van der Waals surface area (Å²) in [6.07, 6.45) is 3.62. The molecule has 0 radical (unpaired) electrons. The van der Waals surface area contributed by atoms with Gasteiger partial charge in [0.15, 0.2) is 5.16 Å². The Morgan fingerprint density at radius 2 is 2.11 bits per heavy atom. The molecule has 0 aliphatic rings. The van der Waals surface area contributed by atoms with E-state index in [1.165, 1.54) is 11.8 Å². The minimum absolute atomic E-state index is 0.121. The van der Waals surface area contributed by atoms with Crippen LogP contribution in [0.4, 0.5) is 0 Å². The Bertz CT molecular complexity index is 556. The molecule has 18 heavy (non-hydrogen) atoms. The summed E-state index contributed by atoms with van der Waals surface area (Å²) < 4.78 is 7.08. The van der Waals surface area contributed by atoms with Gasteiger partial charge in [-0.05, 0) is 31.2 Å². The number of hydrogen-bond acceptors (Lipinski definition) is 4. The molecule has 5 heteroatoms. The van der Waals surface area contributed by atoms with E-state index in [1.807, 2.05) is 42.0 Å². The second-order valence-corrected chi connectivity index (χ2v) is 4.97. The fourth-order valence-electron chi connectivity index (χ4n) is 1.50. The number of aromatic nitrogens is 2. The van der Waals surface area contributed by atoms with E-state index in [0.717, 1.165) is 16.6 Å². The van der Waals surface area contributed by atoms with Crippen LogP contribution in [-0.2, 0) is 0 Å². The van der Waals surface area contributed by atoms with Gasteiger partial charge in [-0.25, -0.2) is 4.98 Å². The Morgan fingerprint density at radius 3 is 2.72 bits per heavy atom. The molecule has 0 spiro atoms. The molecule has 0 bridgehead atoms. The summed E-state index contributed by atoms with van der Waals surface area (Å²) in [5.74, 6) is 0.818. The Morgan fingerprint density at radius 1 is 1.39 bits per heavy atom. The number of hydrogen-bond donors (Lipinski definition) is 0. The topological polar surface area (TPSA) is 50.8 Å². The first kappa shape index (κ1) is 12.5. The number of benzene rings is 1. The molecule has 1 aromatic heterocycles.